The summed E-state index contributed by atoms with van der Waals surface area (Å²) in [7, 11) is 3.85. The molecule has 0 radical (unpaired) electrons. The summed E-state index contributed by atoms with van der Waals surface area (Å²) in [6, 6.07) is 4.16. The lowest BCUT2D eigenvalue weighted by molar-refractivity contribution is -0.00138. The number of methoxy groups -OCH3 is 1. The minimum atomic E-state index is -0.444. The van der Waals surface area contributed by atoms with E-state index in [4.69, 9.17) is 9.47 Å². The molecule has 22 heavy (non-hydrogen) atoms. The maximum atomic E-state index is 10.1. The van der Waals surface area contributed by atoms with Crippen molar-refractivity contribution in [2.45, 2.75) is 43.4 Å². The molecule has 0 saturated carbocycles. The van der Waals surface area contributed by atoms with E-state index >= 15 is 0 Å². The highest BCUT2D eigenvalue weighted by Gasteiger charge is 2.60. The summed E-state index contributed by atoms with van der Waals surface area (Å²) in [6.07, 6.45) is 5.30. The number of rotatable bonds is 1. The van der Waals surface area contributed by atoms with Crippen molar-refractivity contribution in [1.29, 1.82) is 0 Å². The van der Waals surface area contributed by atoms with Gasteiger partial charge in [0, 0.05) is 18.5 Å². The van der Waals surface area contributed by atoms with Crippen molar-refractivity contribution < 1.29 is 14.6 Å². The van der Waals surface area contributed by atoms with E-state index in [0.717, 1.165) is 31.0 Å². The van der Waals surface area contributed by atoms with Gasteiger partial charge in [-0.2, -0.15) is 0 Å². The molecule has 118 valence electrons. The first-order valence-corrected chi connectivity index (χ1v) is 7.94. The lowest BCUT2D eigenvalue weighted by atomic mass is 9.62. The van der Waals surface area contributed by atoms with Gasteiger partial charge in [0.05, 0.1) is 18.6 Å². The van der Waals surface area contributed by atoms with Gasteiger partial charge in [0.25, 0.3) is 0 Å². The summed E-state index contributed by atoms with van der Waals surface area (Å²) in [5, 5.41) is 10.1. The van der Waals surface area contributed by atoms with E-state index in [1.54, 1.807) is 7.11 Å². The summed E-state index contributed by atoms with van der Waals surface area (Å²) in [6.45, 7) is 4.06. The Bertz CT molecular complexity index is 656. The highest BCUT2D eigenvalue weighted by molar-refractivity contribution is 5.62. The second kappa shape index (κ2) is 4.49. The second-order valence-corrected chi connectivity index (χ2v) is 7.05. The normalized spacial score (nSPS) is 36.3. The quantitative estimate of drug-likeness (QED) is 0.808. The monoisotopic (exact) mass is 301 g/mol. The van der Waals surface area contributed by atoms with Crippen LogP contribution in [0.1, 0.15) is 30.9 Å². The zero-order valence-electron chi connectivity index (χ0n) is 13.4. The fraction of sp³-hybridized carbons (Fsp3) is 0.556. The Hall–Kier alpha value is -1.52. The van der Waals surface area contributed by atoms with E-state index in [0.29, 0.717) is 6.42 Å². The third-order valence-corrected chi connectivity index (χ3v) is 5.67. The second-order valence-electron chi connectivity index (χ2n) is 7.05. The zero-order valence-corrected chi connectivity index (χ0v) is 13.4. The number of benzene rings is 1. The molecule has 4 rings (SSSR count). The van der Waals surface area contributed by atoms with E-state index in [9.17, 15) is 5.11 Å². The number of aliphatic hydroxyl groups excluding tert-OH is 1. The number of hydrogen-bond acceptors (Lipinski definition) is 4. The van der Waals surface area contributed by atoms with E-state index in [2.05, 4.69) is 31.0 Å². The molecule has 3 atom stereocenters. The van der Waals surface area contributed by atoms with Gasteiger partial charge >= 0.3 is 0 Å². The summed E-state index contributed by atoms with van der Waals surface area (Å²) in [5.74, 6) is 1.66. The van der Waals surface area contributed by atoms with Crippen molar-refractivity contribution in [1.82, 2.24) is 4.90 Å². The Morgan fingerprint density at radius 1 is 1.41 bits per heavy atom. The average Bonchev–Trinajstić information content (AvgIpc) is 2.64. The van der Waals surface area contributed by atoms with Crippen LogP contribution in [0.15, 0.2) is 24.3 Å². The Morgan fingerprint density at radius 3 is 3.00 bits per heavy atom. The molecule has 1 aromatic rings. The van der Waals surface area contributed by atoms with Crippen LogP contribution >= 0.6 is 0 Å². The van der Waals surface area contributed by atoms with Gasteiger partial charge in [-0.15, -0.1) is 0 Å². The maximum absolute atomic E-state index is 10.1. The maximum Gasteiger partial charge on any atom is 0.166 e. The van der Waals surface area contributed by atoms with Gasteiger partial charge in [-0.05, 0) is 38.6 Å². The standard InChI is InChI=1S/C18H23NO3/c1-17-10-13(20)6-7-18(17)8-9-19(2)11-12-4-5-14(21-3)16(22-17)15(12)18/h4-7,13,20H,8-11H2,1-3H3/t13-,17-,18+/m0/s1. The van der Waals surface area contributed by atoms with E-state index in [1.807, 2.05) is 12.1 Å². The predicted octanol–water partition coefficient (Wildman–Crippen LogP) is 2.24. The first-order chi connectivity index (χ1) is 10.5. The van der Waals surface area contributed by atoms with Crippen LogP contribution in [0, 0.1) is 0 Å². The molecule has 1 aliphatic carbocycles. The van der Waals surface area contributed by atoms with Crippen LogP contribution in [0.25, 0.3) is 0 Å². The van der Waals surface area contributed by atoms with Crippen molar-refractivity contribution in [3.63, 3.8) is 0 Å². The lowest BCUT2D eigenvalue weighted by Gasteiger charge is -2.44. The average molecular weight is 301 g/mol. The SMILES string of the molecule is COc1ccc2c3c1O[C@@]1(C)C[C@@H](O)C=C[C@@]31CCN(C)C2. The van der Waals surface area contributed by atoms with Crippen molar-refractivity contribution >= 4 is 0 Å². The minimum Gasteiger partial charge on any atom is -0.493 e. The molecule has 1 spiro atoms. The van der Waals surface area contributed by atoms with Crippen LogP contribution in [0.3, 0.4) is 0 Å². The third-order valence-electron chi connectivity index (χ3n) is 5.67. The van der Waals surface area contributed by atoms with Gasteiger partial charge in [-0.3, -0.25) is 0 Å². The zero-order chi connectivity index (χ0) is 15.5. The van der Waals surface area contributed by atoms with Gasteiger partial charge in [-0.25, -0.2) is 0 Å². The van der Waals surface area contributed by atoms with Gasteiger partial charge in [0.2, 0.25) is 0 Å². The molecular formula is C18H23NO3. The molecule has 3 aliphatic rings. The fourth-order valence-electron chi connectivity index (χ4n) is 4.50. The number of hydrogen-bond donors (Lipinski definition) is 1. The Balaban J connectivity index is 2.01. The highest BCUT2D eigenvalue weighted by Crippen LogP contribution is 2.60. The van der Waals surface area contributed by atoms with Gasteiger partial charge in [-0.1, -0.05) is 18.2 Å². The Labute approximate surface area is 131 Å². The lowest BCUT2D eigenvalue weighted by Crippen LogP contribution is -2.52. The van der Waals surface area contributed by atoms with Crippen molar-refractivity contribution in [3.8, 4) is 11.5 Å². The molecule has 0 bridgehead atoms. The molecule has 2 heterocycles. The van der Waals surface area contributed by atoms with Crippen LogP contribution < -0.4 is 9.47 Å². The molecule has 1 N–H and O–H groups in total. The molecule has 0 saturated heterocycles. The molecule has 0 fully saturated rings. The Morgan fingerprint density at radius 2 is 2.23 bits per heavy atom. The van der Waals surface area contributed by atoms with Crippen molar-refractivity contribution in [2.24, 2.45) is 0 Å². The molecule has 4 heteroatoms. The number of nitrogens with zero attached hydrogens (tertiary/aromatic N) is 1. The van der Waals surface area contributed by atoms with Gasteiger partial charge < -0.3 is 19.5 Å². The summed E-state index contributed by atoms with van der Waals surface area (Å²) in [5.41, 5.74) is 1.98. The molecule has 4 nitrogen and oxygen atoms in total. The number of ether oxygens (including phenoxy) is 2. The molecule has 1 aromatic carbocycles. The van der Waals surface area contributed by atoms with Crippen LogP contribution in [-0.4, -0.2) is 42.4 Å². The molecule has 0 aromatic heterocycles. The van der Waals surface area contributed by atoms with Gasteiger partial charge in [0.15, 0.2) is 11.5 Å². The predicted molar refractivity (Wildman–Crippen MR) is 84.4 cm³/mol. The summed E-state index contributed by atoms with van der Waals surface area (Å²) < 4.78 is 12.0. The first kappa shape index (κ1) is 14.1. The van der Waals surface area contributed by atoms with Crippen molar-refractivity contribution in [2.75, 3.05) is 20.7 Å². The molecule has 0 unspecified atom stereocenters. The van der Waals surface area contributed by atoms with Crippen LogP contribution in [0.5, 0.6) is 11.5 Å². The van der Waals surface area contributed by atoms with Crippen LogP contribution in [-0.2, 0) is 12.0 Å². The smallest absolute Gasteiger partial charge is 0.166 e. The fourth-order valence-corrected chi connectivity index (χ4v) is 4.50. The largest absolute Gasteiger partial charge is 0.493 e. The van der Waals surface area contributed by atoms with Gasteiger partial charge in [0.1, 0.15) is 5.60 Å². The first-order valence-electron chi connectivity index (χ1n) is 7.94. The van der Waals surface area contributed by atoms with Crippen LogP contribution in [0.4, 0.5) is 0 Å². The summed E-state index contributed by atoms with van der Waals surface area (Å²) in [4.78, 5) is 2.36. The van der Waals surface area contributed by atoms with Crippen LogP contribution in [0.2, 0.25) is 0 Å². The highest BCUT2D eigenvalue weighted by atomic mass is 16.5. The Kier molecular flexibility index (Phi) is 2.88. The van der Waals surface area contributed by atoms with E-state index < -0.39 is 11.7 Å². The van der Waals surface area contributed by atoms with Crippen molar-refractivity contribution in [3.05, 3.63) is 35.4 Å². The molecule has 2 aliphatic heterocycles. The topological polar surface area (TPSA) is 41.9 Å². The van der Waals surface area contributed by atoms with E-state index in [-0.39, 0.29) is 5.41 Å². The third kappa shape index (κ3) is 1.65. The van der Waals surface area contributed by atoms with E-state index in [1.165, 1.54) is 11.1 Å². The number of aliphatic hydroxyl groups is 1. The summed E-state index contributed by atoms with van der Waals surface area (Å²) >= 11 is 0. The minimum absolute atomic E-state index is 0.170. The molecule has 0 amide bonds. The molecular weight excluding hydrogens is 278 g/mol.